The van der Waals surface area contributed by atoms with E-state index in [1.54, 1.807) is 0 Å². The standard InChI is InChI=1S/C21H28N2O4/c1-21(2,3)27-19(24)22-14-18(17-12-8-5-9-13-17)23-20(25)26-15-16-10-6-4-7-11-16/h4-13,18-19,22,24H,14-15H2,1-3H3,(H,23,25)/t18-,19?/m1/s1. The predicted molar refractivity (Wildman–Crippen MR) is 104 cm³/mol. The van der Waals surface area contributed by atoms with Crippen molar-refractivity contribution in [1.29, 1.82) is 0 Å². The highest BCUT2D eigenvalue weighted by molar-refractivity contribution is 5.68. The quantitative estimate of drug-likeness (QED) is 0.620. The molecule has 1 amide bonds. The van der Waals surface area contributed by atoms with Gasteiger partial charge in [-0.25, -0.2) is 4.79 Å². The summed E-state index contributed by atoms with van der Waals surface area (Å²) < 4.78 is 10.7. The lowest BCUT2D eigenvalue weighted by Crippen LogP contribution is -2.43. The third-order valence-electron chi connectivity index (χ3n) is 3.67. The number of hydrogen-bond donors (Lipinski definition) is 3. The van der Waals surface area contributed by atoms with Crippen molar-refractivity contribution in [3.63, 3.8) is 0 Å². The minimum Gasteiger partial charge on any atom is -0.445 e. The summed E-state index contributed by atoms with van der Waals surface area (Å²) in [6.07, 6.45) is -1.67. The molecule has 6 nitrogen and oxygen atoms in total. The molecule has 2 aromatic carbocycles. The molecule has 0 spiro atoms. The van der Waals surface area contributed by atoms with Crippen LogP contribution < -0.4 is 10.6 Å². The summed E-state index contributed by atoms with van der Waals surface area (Å²) in [7, 11) is 0. The molecule has 0 bridgehead atoms. The van der Waals surface area contributed by atoms with Gasteiger partial charge in [-0.2, -0.15) is 0 Å². The second-order valence-electron chi connectivity index (χ2n) is 7.16. The van der Waals surface area contributed by atoms with Gasteiger partial charge in [0.15, 0.2) is 0 Å². The van der Waals surface area contributed by atoms with E-state index in [1.807, 2.05) is 81.4 Å². The first-order valence-corrected chi connectivity index (χ1v) is 8.95. The largest absolute Gasteiger partial charge is 0.445 e. The van der Waals surface area contributed by atoms with Crippen LogP contribution in [0.5, 0.6) is 0 Å². The van der Waals surface area contributed by atoms with E-state index in [1.165, 1.54) is 0 Å². The van der Waals surface area contributed by atoms with Gasteiger partial charge in [0.25, 0.3) is 0 Å². The molecule has 27 heavy (non-hydrogen) atoms. The van der Waals surface area contributed by atoms with E-state index >= 15 is 0 Å². The molecule has 0 aliphatic rings. The van der Waals surface area contributed by atoms with Gasteiger partial charge in [-0.15, -0.1) is 0 Å². The summed E-state index contributed by atoms with van der Waals surface area (Å²) in [5, 5.41) is 15.7. The van der Waals surface area contributed by atoms with Crippen molar-refractivity contribution in [2.45, 2.75) is 45.4 Å². The zero-order valence-corrected chi connectivity index (χ0v) is 16.0. The van der Waals surface area contributed by atoms with Crippen molar-refractivity contribution < 1.29 is 19.4 Å². The Morgan fingerprint density at radius 3 is 2.22 bits per heavy atom. The summed E-state index contributed by atoms with van der Waals surface area (Å²) in [5.41, 5.74) is 1.32. The Labute approximate surface area is 160 Å². The first-order chi connectivity index (χ1) is 12.8. The van der Waals surface area contributed by atoms with Crippen LogP contribution in [0.25, 0.3) is 0 Å². The number of aliphatic hydroxyl groups is 1. The first-order valence-electron chi connectivity index (χ1n) is 8.95. The Hall–Kier alpha value is -2.41. The highest BCUT2D eigenvalue weighted by atomic mass is 16.6. The molecule has 0 heterocycles. The molecule has 0 aliphatic heterocycles. The molecule has 3 N–H and O–H groups in total. The maximum absolute atomic E-state index is 12.2. The number of rotatable bonds is 8. The van der Waals surface area contributed by atoms with Gasteiger partial charge >= 0.3 is 6.09 Å². The molecule has 2 rings (SSSR count). The molecule has 2 aromatic rings. The number of ether oxygens (including phenoxy) is 2. The SMILES string of the molecule is CC(C)(C)OC(O)NC[C@@H](NC(=O)OCc1ccccc1)c1ccccc1. The molecule has 146 valence electrons. The fourth-order valence-electron chi connectivity index (χ4n) is 2.44. The van der Waals surface area contributed by atoms with Gasteiger partial charge in [0.2, 0.25) is 6.41 Å². The number of carbonyl (C=O) groups excluding carboxylic acids is 1. The van der Waals surface area contributed by atoms with Gasteiger partial charge in [-0.05, 0) is 31.9 Å². The minimum absolute atomic E-state index is 0.192. The Bertz CT molecular complexity index is 686. The van der Waals surface area contributed by atoms with Crippen LogP contribution in [0, 0.1) is 0 Å². The predicted octanol–water partition coefficient (Wildman–Crippen LogP) is 3.33. The van der Waals surface area contributed by atoms with Crippen LogP contribution >= 0.6 is 0 Å². The number of nitrogens with one attached hydrogen (secondary N) is 2. The fourth-order valence-corrected chi connectivity index (χ4v) is 2.44. The highest BCUT2D eigenvalue weighted by Crippen LogP contribution is 2.14. The van der Waals surface area contributed by atoms with Gasteiger partial charge in [-0.1, -0.05) is 60.7 Å². The molecule has 0 saturated heterocycles. The summed E-state index contributed by atoms with van der Waals surface area (Å²) in [4.78, 5) is 12.2. The second kappa shape index (κ2) is 10.1. The van der Waals surface area contributed by atoms with Gasteiger partial charge in [0.05, 0.1) is 11.6 Å². The molecular weight excluding hydrogens is 344 g/mol. The van der Waals surface area contributed by atoms with E-state index in [-0.39, 0.29) is 19.2 Å². The topological polar surface area (TPSA) is 79.8 Å². The summed E-state index contributed by atoms with van der Waals surface area (Å²) >= 11 is 0. The second-order valence-corrected chi connectivity index (χ2v) is 7.16. The maximum atomic E-state index is 12.2. The van der Waals surface area contributed by atoms with Crippen molar-refractivity contribution in [2.75, 3.05) is 6.54 Å². The van der Waals surface area contributed by atoms with Crippen LogP contribution in [0.1, 0.15) is 37.9 Å². The fraction of sp³-hybridized carbons (Fsp3) is 0.381. The van der Waals surface area contributed by atoms with Crippen LogP contribution in [-0.4, -0.2) is 29.8 Å². The third kappa shape index (κ3) is 8.21. The molecule has 2 atom stereocenters. The van der Waals surface area contributed by atoms with E-state index in [9.17, 15) is 9.90 Å². The lowest BCUT2D eigenvalue weighted by atomic mass is 10.1. The van der Waals surface area contributed by atoms with Crippen LogP contribution in [0.3, 0.4) is 0 Å². The number of hydrogen-bond acceptors (Lipinski definition) is 5. The normalized spacial score (nSPS) is 13.6. The van der Waals surface area contributed by atoms with Crippen molar-refractivity contribution in [1.82, 2.24) is 10.6 Å². The molecule has 0 aromatic heterocycles. The molecule has 0 saturated carbocycles. The van der Waals surface area contributed by atoms with E-state index < -0.39 is 18.1 Å². The van der Waals surface area contributed by atoms with Crippen molar-refractivity contribution in [2.24, 2.45) is 0 Å². The number of alkyl carbamates (subject to hydrolysis) is 1. The summed E-state index contributed by atoms with van der Waals surface area (Å²) in [6, 6.07) is 18.6. The number of amides is 1. The van der Waals surface area contributed by atoms with Gasteiger partial charge in [0.1, 0.15) is 6.61 Å². The molecule has 0 fully saturated rings. The van der Waals surface area contributed by atoms with Crippen LogP contribution in [0.15, 0.2) is 60.7 Å². The average molecular weight is 372 g/mol. The minimum atomic E-state index is -1.14. The number of benzene rings is 2. The Morgan fingerprint density at radius 2 is 1.63 bits per heavy atom. The Balaban J connectivity index is 1.93. The van der Waals surface area contributed by atoms with Gasteiger partial charge < -0.3 is 19.9 Å². The van der Waals surface area contributed by atoms with Crippen LogP contribution in [0.2, 0.25) is 0 Å². The summed E-state index contributed by atoms with van der Waals surface area (Å²) in [6.45, 7) is 6.03. The highest BCUT2D eigenvalue weighted by Gasteiger charge is 2.20. The Kier molecular flexibility index (Phi) is 7.79. The molecule has 0 radical (unpaired) electrons. The monoisotopic (exact) mass is 372 g/mol. The first kappa shape index (κ1) is 20.9. The molecule has 6 heteroatoms. The number of carbonyl (C=O) groups is 1. The van der Waals surface area contributed by atoms with Crippen molar-refractivity contribution in [3.8, 4) is 0 Å². The van der Waals surface area contributed by atoms with E-state index in [0.717, 1.165) is 11.1 Å². The van der Waals surface area contributed by atoms with Crippen molar-refractivity contribution in [3.05, 3.63) is 71.8 Å². The Morgan fingerprint density at radius 1 is 1.04 bits per heavy atom. The van der Waals surface area contributed by atoms with Crippen molar-refractivity contribution >= 4 is 6.09 Å². The molecule has 0 aliphatic carbocycles. The van der Waals surface area contributed by atoms with Gasteiger partial charge in [-0.3, -0.25) is 5.32 Å². The zero-order valence-electron chi connectivity index (χ0n) is 16.0. The van der Waals surface area contributed by atoms with E-state index in [4.69, 9.17) is 9.47 Å². The zero-order chi connectivity index (χ0) is 19.7. The maximum Gasteiger partial charge on any atom is 0.407 e. The third-order valence-corrected chi connectivity index (χ3v) is 3.67. The van der Waals surface area contributed by atoms with E-state index in [0.29, 0.717) is 0 Å². The summed E-state index contributed by atoms with van der Waals surface area (Å²) in [5.74, 6) is 0. The lowest BCUT2D eigenvalue weighted by Gasteiger charge is -2.26. The molecular formula is C21H28N2O4. The van der Waals surface area contributed by atoms with E-state index in [2.05, 4.69) is 10.6 Å². The van der Waals surface area contributed by atoms with Crippen LogP contribution in [0.4, 0.5) is 4.79 Å². The lowest BCUT2D eigenvalue weighted by molar-refractivity contribution is -0.181. The van der Waals surface area contributed by atoms with Gasteiger partial charge in [0, 0.05) is 6.54 Å². The number of aliphatic hydroxyl groups excluding tert-OH is 1. The van der Waals surface area contributed by atoms with Crippen LogP contribution in [-0.2, 0) is 16.1 Å². The average Bonchev–Trinajstić information content (AvgIpc) is 2.63. The molecule has 1 unspecified atom stereocenters. The smallest absolute Gasteiger partial charge is 0.407 e.